The Morgan fingerprint density at radius 3 is 2.59 bits per heavy atom. The van der Waals surface area contributed by atoms with Crippen molar-refractivity contribution >= 4 is 23.2 Å². The normalized spacial score (nSPS) is 13.0. The summed E-state index contributed by atoms with van der Waals surface area (Å²) in [7, 11) is 0. The van der Waals surface area contributed by atoms with E-state index in [1.165, 1.54) is 0 Å². The minimum absolute atomic E-state index is 0.0369. The second-order valence-electron chi connectivity index (χ2n) is 7.03. The van der Waals surface area contributed by atoms with Crippen molar-refractivity contribution in [1.82, 2.24) is 9.78 Å². The minimum Gasteiger partial charge on any atom is -0.484 e. The number of carbonyl (C=O) groups is 2. The zero-order valence-corrected chi connectivity index (χ0v) is 15.9. The van der Waals surface area contributed by atoms with Crippen LogP contribution in [-0.2, 0) is 16.1 Å². The van der Waals surface area contributed by atoms with Gasteiger partial charge in [-0.2, -0.15) is 5.10 Å². The molecule has 1 aliphatic carbocycles. The van der Waals surface area contributed by atoms with E-state index >= 15 is 0 Å². The van der Waals surface area contributed by atoms with Crippen molar-refractivity contribution in [2.24, 2.45) is 5.92 Å². The summed E-state index contributed by atoms with van der Waals surface area (Å²) in [5.41, 5.74) is 2.41. The van der Waals surface area contributed by atoms with Crippen molar-refractivity contribution in [1.29, 1.82) is 0 Å². The van der Waals surface area contributed by atoms with Crippen LogP contribution in [0.1, 0.15) is 18.4 Å². The largest absolute Gasteiger partial charge is 0.484 e. The number of hydrogen-bond donors (Lipinski definition) is 2. The fourth-order valence-corrected chi connectivity index (χ4v) is 2.93. The highest BCUT2D eigenvalue weighted by molar-refractivity contribution is 5.94. The molecule has 1 saturated carbocycles. The first-order valence-corrected chi connectivity index (χ1v) is 9.56. The molecule has 2 amide bonds. The molecule has 2 aromatic carbocycles. The van der Waals surface area contributed by atoms with Crippen LogP contribution in [0, 0.1) is 5.92 Å². The fraction of sp³-hybridized carbons (Fsp3) is 0.227. The molecule has 7 nitrogen and oxygen atoms in total. The molecule has 0 bridgehead atoms. The summed E-state index contributed by atoms with van der Waals surface area (Å²) in [6.07, 6.45) is 5.52. The number of carbonyl (C=O) groups excluding carboxylic acids is 2. The van der Waals surface area contributed by atoms with Crippen LogP contribution in [0.2, 0.25) is 0 Å². The Balaban J connectivity index is 1.29. The Hall–Kier alpha value is -3.61. The van der Waals surface area contributed by atoms with Gasteiger partial charge in [0.05, 0.1) is 6.54 Å². The topological polar surface area (TPSA) is 85.2 Å². The number of nitrogens with zero attached hydrogens (tertiary/aromatic N) is 2. The third-order valence-electron chi connectivity index (χ3n) is 4.53. The molecular formula is C22H22N4O3. The minimum atomic E-state index is -0.256. The van der Waals surface area contributed by atoms with Gasteiger partial charge >= 0.3 is 0 Å². The van der Waals surface area contributed by atoms with Crippen LogP contribution in [0.15, 0.2) is 67.0 Å². The molecule has 1 aromatic heterocycles. The number of ether oxygens (including phenoxy) is 1. The monoisotopic (exact) mass is 390 g/mol. The summed E-state index contributed by atoms with van der Waals surface area (Å²) in [4.78, 5) is 24.1. The number of amides is 2. The first-order valence-electron chi connectivity index (χ1n) is 9.56. The Morgan fingerprint density at radius 1 is 1.03 bits per heavy atom. The molecule has 0 aliphatic heterocycles. The molecule has 0 atom stereocenters. The van der Waals surface area contributed by atoms with Crippen LogP contribution in [-0.4, -0.2) is 28.2 Å². The fourth-order valence-electron chi connectivity index (χ4n) is 2.93. The smallest absolute Gasteiger partial charge is 0.262 e. The summed E-state index contributed by atoms with van der Waals surface area (Å²) in [6, 6.07) is 16.5. The van der Waals surface area contributed by atoms with Crippen LogP contribution in [0.4, 0.5) is 11.4 Å². The summed E-state index contributed by atoms with van der Waals surface area (Å²) >= 11 is 0. The molecule has 0 radical (unpaired) electrons. The zero-order valence-electron chi connectivity index (χ0n) is 15.9. The third-order valence-corrected chi connectivity index (χ3v) is 4.53. The Morgan fingerprint density at radius 2 is 1.83 bits per heavy atom. The first kappa shape index (κ1) is 18.7. The van der Waals surface area contributed by atoms with Crippen LogP contribution < -0.4 is 15.4 Å². The lowest BCUT2D eigenvalue weighted by atomic mass is 10.2. The predicted molar refractivity (Wildman–Crippen MR) is 110 cm³/mol. The van der Waals surface area contributed by atoms with Crippen LogP contribution in [0.3, 0.4) is 0 Å². The van der Waals surface area contributed by atoms with E-state index in [1.54, 1.807) is 30.5 Å². The van der Waals surface area contributed by atoms with Gasteiger partial charge in [-0.1, -0.05) is 18.2 Å². The lowest BCUT2D eigenvalue weighted by Gasteiger charge is -2.10. The lowest BCUT2D eigenvalue weighted by molar-refractivity contribution is -0.118. The molecule has 1 aliphatic rings. The van der Waals surface area contributed by atoms with Gasteiger partial charge in [-0.3, -0.25) is 14.3 Å². The summed E-state index contributed by atoms with van der Waals surface area (Å²) < 4.78 is 7.39. The van der Waals surface area contributed by atoms with Gasteiger partial charge in [0.2, 0.25) is 5.91 Å². The third kappa shape index (κ3) is 5.44. The van der Waals surface area contributed by atoms with E-state index in [2.05, 4.69) is 15.7 Å². The molecule has 3 aromatic rings. The summed E-state index contributed by atoms with van der Waals surface area (Å²) in [5, 5.41) is 9.89. The predicted octanol–water partition coefficient (Wildman–Crippen LogP) is 3.30. The molecule has 4 rings (SSSR count). The molecule has 2 N–H and O–H groups in total. The second kappa shape index (κ2) is 8.60. The average molecular weight is 390 g/mol. The van der Waals surface area contributed by atoms with Gasteiger partial charge < -0.3 is 15.4 Å². The van der Waals surface area contributed by atoms with Gasteiger partial charge in [0.25, 0.3) is 5.91 Å². The van der Waals surface area contributed by atoms with Crippen molar-refractivity contribution in [3.05, 3.63) is 72.6 Å². The maximum atomic E-state index is 12.3. The van der Waals surface area contributed by atoms with E-state index in [1.807, 2.05) is 41.2 Å². The number of benzene rings is 2. The van der Waals surface area contributed by atoms with Crippen LogP contribution in [0.25, 0.3) is 0 Å². The van der Waals surface area contributed by atoms with E-state index < -0.39 is 0 Å². The van der Waals surface area contributed by atoms with Gasteiger partial charge in [-0.05, 0) is 48.7 Å². The molecule has 0 spiro atoms. The Labute approximate surface area is 168 Å². The van der Waals surface area contributed by atoms with Crippen molar-refractivity contribution in [3.8, 4) is 5.75 Å². The number of aromatic nitrogens is 2. The SMILES string of the molecule is O=C(COc1cccc(NC(=O)C2CC2)c1)Nc1cccc(Cn2cccn2)c1. The quantitative estimate of drug-likeness (QED) is 0.618. The van der Waals surface area contributed by atoms with Gasteiger partial charge in [0.15, 0.2) is 6.61 Å². The van der Waals surface area contributed by atoms with Gasteiger partial charge in [0, 0.05) is 35.8 Å². The molecule has 7 heteroatoms. The van der Waals surface area contributed by atoms with E-state index in [4.69, 9.17) is 4.74 Å². The van der Waals surface area contributed by atoms with Crippen molar-refractivity contribution in [3.63, 3.8) is 0 Å². The van der Waals surface area contributed by atoms with Crippen molar-refractivity contribution in [2.75, 3.05) is 17.2 Å². The average Bonchev–Trinajstić information content (AvgIpc) is 3.45. The van der Waals surface area contributed by atoms with Crippen LogP contribution >= 0.6 is 0 Å². The second-order valence-corrected chi connectivity index (χ2v) is 7.03. The highest BCUT2D eigenvalue weighted by Crippen LogP contribution is 2.30. The number of hydrogen-bond acceptors (Lipinski definition) is 4. The molecule has 1 fully saturated rings. The molecule has 29 heavy (non-hydrogen) atoms. The highest BCUT2D eigenvalue weighted by atomic mass is 16.5. The van der Waals surface area contributed by atoms with E-state index in [-0.39, 0.29) is 24.3 Å². The summed E-state index contributed by atoms with van der Waals surface area (Å²) in [5.74, 6) is 0.444. The van der Waals surface area contributed by atoms with Gasteiger partial charge in [0.1, 0.15) is 5.75 Å². The highest BCUT2D eigenvalue weighted by Gasteiger charge is 2.29. The standard InChI is InChI=1S/C22H22N4O3/c27-21(24-18-5-1-4-16(12-18)14-26-11-3-10-23-26)15-29-20-7-2-6-19(13-20)25-22(28)17-8-9-17/h1-7,10-13,17H,8-9,14-15H2,(H,24,27)(H,25,28). The van der Waals surface area contributed by atoms with Crippen molar-refractivity contribution < 1.29 is 14.3 Å². The number of nitrogens with one attached hydrogen (secondary N) is 2. The molecule has 0 saturated heterocycles. The molecular weight excluding hydrogens is 368 g/mol. The number of anilines is 2. The molecule has 1 heterocycles. The van der Waals surface area contributed by atoms with E-state index in [0.29, 0.717) is 23.7 Å². The maximum Gasteiger partial charge on any atom is 0.262 e. The molecule has 148 valence electrons. The maximum absolute atomic E-state index is 12.3. The summed E-state index contributed by atoms with van der Waals surface area (Å²) in [6.45, 7) is 0.510. The van der Waals surface area contributed by atoms with Crippen LogP contribution in [0.5, 0.6) is 5.75 Å². The molecule has 0 unspecified atom stereocenters. The van der Waals surface area contributed by atoms with Crippen molar-refractivity contribution in [2.45, 2.75) is 19.4 Å². The van der Waals surface area contributed by atoms with E-state index in [9.17, 15) is 9.59 Å². The van der Waals surface area contributed by atoms with Gasteiger partial charge in [-0.25, -0.2) is 0 Å². The first-order chi connectivity index (χ1) is 14.2. The Kier molecular flexibility index (Phi) is 5.56. The zero-order chi connectivity index (χ0) is 20.1. The Bertz CT molecular complexity index is 997. The lowest BCUT2D eigenvalue weighted by Crippen LogP contribution is -2.20. The van der Waals surface area contributed by atoms with Gasteiger partial charge in [-0.15, -0.1) is 0 Å². The number of rotatable bonds is 8. The van der Waals surface area contributed by atoms with E-state index in [0.717, 1.165) is 18.4 Å².